The lowest BCUT2D eigenvalue weighted by atomic mass is 9.79. The van der Waals surface area contributed by atoms with E-state index in [4.69, 9.17) is 27.6 Å². The molecule has 6 rings (SSSR count). The van der Waals surface area contributed by atoms with Gasteiger partial charge in [-0.3, -0.25) is 0 Å². The molecule has 0 spiro atoms. The van der Waals surface area contributed by atoms with Crippen molar-refractivity contribution in [3.05, 3.63) is 99.0 Å². The molecule has 1 heterocycles. The van der Waals surface area contributed by atoms with Crippen molar-refractivity contribution in [3.63, 3.8) is 0 Å². The summed E-state index contributed by atoms with van der Waals surface area (Å²) < 4.78 is 6.73. The Bertz CT molecular complexity index is 1250. The van der Waals surface area contributed by atoms with Crippen LogP contribution in [0.15, 0.2) is 71.1 Å². The highest BCUT2D eigenvalue weighted by Gasteiger charge is 2.38. The van der Waals surface area contributed by atoms with Crippen LogP contribution in [-0.2, 0) is 25.7 Å². The Balaban J connectivity index is 1.73. The van der Waals surface area contributed by atoms with Gasteiger partial charge in [-0.15, -0.1) is 0 Å². The Labute approximate surface area is 185 Å². The van der Waals surface area contributed by atoms with Gasteiger partial charge in [-0.25, -0.2) is 4.42 Å². The number of fused-ring (bicyclic) bond motifs is 6. The molecule has 146 valence electrons. The van der Waals surface area contributed by atoms with E-state index in [1.54, 1.807) is 0 Å². The molecule has 0 aliphatic heterocycles. The van der Waals surface area contributed by atoms with Crippen molar-refractivity contribution < 1.29 is 4.42 Å². The zero-order chi connectivity index (χ0) is 20.2. The van der Waals surface area contributed by atoms with Crippen molar-refractivity contribution in [2.75, 3.05) is 0 Å². The average Bonchev–Trinajstić information content (AvgIpc) is 2.78. The molecule has 3 heteroatoms. The predicted molar refractivity (Wildman–Crippen MR) is 124 cm³/mol. The maximum absolute atomic E-state index is 6.73. The Morgan fingerprint density at radius 1 is 0.600 bits per heavy atom. The van der Waals surface area contributed by atoms with Crippen LogP contribution in [0.4, 0.5) is 0 Å². The predicted octanol–water partition coefficient (Wildman–Crippen LogP) is 8.07. The van der Waals surface area contributed by atoms with Gasteiger partial charge in [0.1, 0.15) is 0 Å². The van der Waals surface area contributed by atoms with Crippen molar-refractivity contribution in [1.82, 2.24) is 0 Å². The summed E-state index contributed by atoms with van der Waals surface area (Å²) in [4.78, 5) is 0. The number of aryl methyl sites for hydroxylation is 2. The lowest BCUT2D eigenvalue weighted by Crippen LogP contribution is -2.12. The van der Waals surface area contributed by atoms with Gasteiger partial charge in [-0.2, -0.15) is 0 Å². The largest absolute Gasteiger partial charge is 0.364 e. The molecule has 2 aliphatic rings. The minimum atomic E-state index is 0.655. The van der Waals surface area contributed by atoms with E-state index in [0.29, 0.717) is 10.0 Å². The van der Waals surface area contributed by atoms with E-state index < -0.39 is 0 Å². The van der Waals surface area contributed by atoms with Crippen molar-refractivity contribution >= 4 is 23.2 Å². The standard InChI is InChI=1S/C27H19Cl2O/c28-18-11-14-21(24(29)15-18)25-22-12-9-16-5-1-3-7-19(16)26(22)30-27-20-8-4-2-6-17(20)10-13-23(25)27/h1-8,11,14-15H,9-10,12-13H2/q+1. The summed E-state index contributed by atoms with van der Waals surface area (Å²) in [5.74, 6) is 1.96. The number of hydrogen-bond donors (Lipinski definition) is 0. The molecular weight excluding hydrogens is 411 g/mol. The Kier molecular flexibility index (Phi) is 4.23. The Morgan fingerprint density at radius 2 is 1.17 bits per heavy atom. The van der Waals surface area contributed by atoms with Gasteiger partial charge in [-0.05, 0) is 61.1 Å². The van der Waals surface area contributed by atoms with E-state index in [-0.39, 0.29) is 0 Å². The summed E-state index contributed by atoms with van der Waals surface area (Å²) in [6.07, 6.45) is 3.90. The van der Waals surface area contributed by atoms with Crippen LogP contribution in [0.1, 0.15) is 22.3 Å². The molecule has 0 amide bonds. The summed E-state index contributed by atoms with van der Waals surface area (Å²) in [6.45, 7) is 0. The van der Waals surface area contributed by atoms with Gasteiger partial charge < -0.3 is 0 Å². The Hall–Kier alpha value is -2.61. The summed E-state index contributed by atoms with van der Waals surface area (Å²) >= 11 is 13.0. The van der Waals surface area contributed by atoms with Crippen LogP contribution in [0.2, 0.25) is 10.0 Å². The van der Waals surface area contributed by atoms with E-state index in [9.17, 15) is 0 Å². The van der Waals surface area contributed by atoms with Gasteiger partial charge in [0, 0.05) is 21.2 Å². The maximum atomic E-state index is 6.73. The molecule has 1 nitrogen and oxygen atoms in total. The molecule has 0 radical (unpaired) electrons. The summed E-state index contributed by atoms with van der Waals surface area (Å²) in [6, 6.07) is 23.0. The summed E-state index contributed by atoms with van der Waals surface area (Å²) in [7, 11) is 0. The zero-order valence-corrected chi connectivity index (χ0v) is 17.9. The van der Waals surface area contributed by atoms with Crippen molar-refractivity contribution in [2.45, 2.75) is 25.7 Å². The van der Waals surface area contributed by atoms with Crippen molar-refractivity contribution in [3.8, 4) is 33.8 Å². The second-order valence-corrected chi connectivity index (χ2v) is 8.87. The molecule has 0 N–H and O–H groups in total. The van der Waals surface area contributed by atoms with Gasteiger partial charge >= 0.3 is 11.5 Å². The van der Waals surface area contributed by atoms with Crippen LogP contribution in [-0.4, -0.2) is 0 Å². The number of benzene rings is 3. The molecular formula is C27H19Cl2O+. The monoisotopic (exact) mass is 429 g/mol. The first-order chi connectivity index (χ1) is 14.7. The third-order valence-electron chi connectivity index (χ3n) is 6.37. The van der Waals surface area contributed by atoms with Crippen LogP contribution in [0.5, 0.6) is 0 Å². The smallest absolute Gasteiger partial charge is 0.206 e. The second-order valence-electron chi connectivity index (χ2n) is 8.03. The normalized spacial score (nSPS) is 13.8. The quantitative estimate of drug-likeness (QED) is 0.278. The van der Waals surface area contributed by atoms with Gasteiger partial charge in [0.05, 0.1) is 22.3 Å². The highest BCUT2D eigenvalue weighted by molar-refractivity contribution is 6.36. The van der Waals surface area contributed by atoms with Crippen molar-refractivity contribution in [2.24, 2.45) is 0 Å². The fourth-order valence-corrected chi connectivity index (χ4v) is 5.51. The van der Waals surface area contributed by atoms with Crippen LogP contribution >= 0.6 is 23.2 Å². The number of halogens is 2. The molecule has 0 saturated heterocycles. The SMILES string of the molecule is Clc1ccc(-c2c3c([o+]c4c2CCc2ccccc2-4)-c2ccccc2CC3)c(Cl)c1. The van der Waals surface area contributed by atoms with E-state index in [0.717, 1.165) is 42.8 Å². The second kappa shape index (κ2) is 6.97. The minimum Gasteiger partial charge on any atom is -0.206 e. The molecule has 4 aromatic rings. The van der Waals surface area contributed by atoms with Crippen LogP contribution in [0, 0.1) is 0 Å². The van der Waals surface area contributed by atoms with Gasteiger partial charge in [0.15, 0.2) is 0 Å². The lowest BCUT2D eigenvalue weighted by molar-refractivity contribution is 0.556. The fourth-order valence-electron chi connectivity index (χ4n) is 5.00. The third kappa shape index (κ3) is 2.73. The maximum Gasteiger partial charge on any atom is 0.364 e. The minimum absolute atomic E-state index is 0.655. The number of hydrogen-bond acceptors (Lipinski definition) is 0. The molecule has 3 aromatic carbocycles. The van der Waals surface area contributed by atoms with E-state index in [2.05, 4.69) is 54.6 Å². The first-order valence-electron chi connectivity index (χ1n) is 10.3. The van der Waals surface area contributed by atoms with E-state index in [1.165, 1.54) is 38.9 Å². The van der Waals surface area contributed by atoms with E-state index >= 15 is 0 Å². The van der Waals surface area contributed by atoms with Gasteiger partial charge in [0.2, 0.25) is 0 Å². The highest BCUT2D eigenvalue weighted by Crippen LogP contribution is 2.48. The first-order valence-corrected chi connectivity index (χ1v) is 11.1. The van der Waals surface area contributed by atoms with Crippen LogP contribution in [0.25, 0.3) is 33.8 Å². The first kappa shape index (κ1) is 18.2. The third-order valence-corrected chi connectivity index (χ3v) is 6.92. The highest BCUT2D eigenvalue weighted by atomic mass is 35.5. The lowest BCUT2D eigenvalue weighted by Gasteiger charge is -2.22. The number of rotatable bonds is 1. The summed E-state index contributed by atoms with van der Waals surface area (Å²) in [5.41, 5.74) is 9.86. The van der Waals surface area contributed by atoms with Crippen LogP contribution < -0.4 is 0 Å². The van der Waals surface area contributed by atoms with Crippen LogP contribution in [0.3, 0.4) is 0 Å². The molecule has 0 fully saturated rings. The van der Waals surface area contributed by atoms with Crippen molar-refractivity contribution in [1.29, 1.82) is 0 Å². The van der Waals surface area contributed by atoms with Gasteiger partial charge in [-0.1, -0.05) is 65.7 Å². The summed E-state index contributed by atoms with van der Waals surface area (Å²) in [5, 5.41) is 1.35. The molecule has 0 bridgehead atoms. The fraction of sp³-hybridized carbons (Fsp3) is 0.148. The molecule has 0 atom stereocenters. The average molecular weight is 430 g/mol. The van der Waals surface area contributed by atoms with Gasteiger partial charge in [0.25, 0.3) is 0 Å². The molecule has 30 heavy (non-hydrogen) atoms. The topological polar surface area (TPSA) is 11.3 Å². The zero-order valence-electron chi connectivity index (χ0n) is 16.3. The molecule has 1 aromatic heterocycles. The van der Waals surface area contributed by atoms with E-state index in [1.807, 2.05) is 12.1 Å². The molecule has 2 aliphatic carbocycles. The molecule has 0 unspecified atom stereocenters. The Morgan fingerprint density at radius 3 is 1.73 bits per heavy atom. The molecule has 0 saturated carbocycles.